The molecule has 0 saturated heterocycles. The fourth-order valence-electron chi connectivity index (χ4n) is 3.81. The molecular formula is C20H15F2N5OS. The Morgan fingerprint density at radius 3 is 3.03 bits per heavy atom. The average Bonchev–Trinajstić information content (AvgIpc) is 3.39. The van der Waals surface area contributed by atoms with Crippen LogP contribution < -0.4 is 4.74 Å². The summed E-state index contributed by atoms with van der Waals surface area (Å²) in [4.78, 5) is 9.03. The predicted molar refractivity (Wildman–Crippen MR) is 105 cm³/mol. The Hall–Kier alpha value is -3.25. The maximum Gasteiger partial charge on any atom is 0.282 e. The fourth-order valence-corrected chi connectivity index (χ4v) is 4.62. The lowest BCUT2D eigenvalue weighted by Gasteiger charge is -2.16. The van der Waals surface area contributed by atoms with E-state index in [4.69, 9.17) is 4.74 Å². The zero-order valence-corrected chi connectivity index (χ0v) is 16.2. The quantitative estimate of drug-likeness (QED) is 0.511. The number of aryl methyl sites for hydroxylation is 2. The smallest absolute Gasteiger partial charge is 0.282 e. The highest BCUT2D eigenvalue weighted by atomic mass is 32.1. The number of alkyl halides is 2. The fraction of sp³-hybridized carbons (Fsp3) is 0.250. The van der Waals surface area contributed by atoms with Crippen molar-refractivity contribution in [2.24, 2.45) is 0 Å². The summed E-state index contributed by atoms with van der Waals surface area (Å²) in [7, 11) is 0. The molecule has 0 aromatic carbocycles. The Morgan fingerprint density at radius 1 is 1.38 bits per heavy atom. The molecule has 1 N–H and O–H groups in total. The number of pyridine rings is 1. The van der Waals surface area contributed by atoms with E-state index in [1.807, 2.05) is 19.1 Å². The molecule has 0 amide bonds. The highest BCUT2D eigenvalue weighted by Gasteiger charge is 2.32. The molecule has 0 aliphatic carbocycles. The van der Waals surface area contributed by atoms with E-state index in [2.05, 4.69) is 21.1 Å². The molecule has 9 heteroatoms. The standard InChI is InChI=1S/C20H15F2N5OS/c1-10-8-12(13(9-23)29-10)14-11-4-2-5-24-19(11)25-16(14)15-17(18(21)22)26-27-6-3-7-28-20(15)27/h2,4-5,8,18H,3,6-7H2,1H3,(H,24,25). The Morgan fingerprint density at radius 2 is 2.24 bits per heavy atom. The van der Waals surface area contributed by atoms with Gasteiger partial charge in [0.05, 0.1) is 17.9 Å². The molecule has 4 aromatic rings. The van der Waals surface area contributed by atoms with E-state index in [1.165, 1.54) is 16.0 Å². The van der Waals surface area contributed by atoms with Gasteiger partial charge in [-0.15, -0.1) is 11.3 Å². The van der Waals surface area contributed by atoms with E-state index in [0.717, 1.165) is 10.3 Å². The van der Waals surface area contributed by atoms with Crippen molar-refractivity contribution in [2.75, 3.05) is 6.61 Å². The van der Waals surface area contributed by atoms with Gasteiger partial charge in [-0.1, -0.05) is 0 Å². The van der Waals surface area contributed by atoms with E-state index < -0.39 is 6.43 Å². The van der Waals surface area contributed by atoms with Crippen LogP contribution in [-0.2, 0) is 6.54 Å². The van der Waals surface area contributed by atoms with Crippen molar-refractivity contribution >= 4 is 22.4 Å². The summed E-state index contributed by atoms with van der Waals surface area (Å²) in [5.74, 6) is 0.324. The molecule has 1 aliphatic heterocycles. The van der Waals surface area contributed by atoms with Crippen LogP contribution in [0.5, 0.6) is 5.88 Å². The zero-order valence-electron chi connectivity index (χ0n) is 15.4. The molecule has 0 bridgehead atoms. The summed E-state index contributed by atoms with van der Waals surface area (Å²) in [5, 5.41) is 14.5. The first-order valence-corrected chi connectivity index (χ1v) is 9.89. The normalized spacial score (nSPS) is 13.5. The highest BCUT2D eigenvalue weighted by Crippen LogP contribution is 2.47. The van der Waals surface area contributed by atoms with Crippen LogP contribution in [0.25, 0.3) is 33.4 Å². The Kier molecular flexibility index (Phi) is 4.10. The first kappa shape index (κ1) is 17.8. The first-order valence-electron chi connectivity index (χ1n) is 9.08. The molecule has 0 atom stereocenters. The second-order valence-electron chi connectivity index (χ2n) is 6.78. The summed E-state index contributed by atoms with van der Waals surface area (Å²) >= 11 is 1.37. The maximum atomic E-state index is 13.9. The molecule has 0 unspecified atom stereocenters. The number of thiophene rings is 1. The van der Waals surface area contributed by atoms with E-state index in [9.17, 15) is 14.0 Å². The number of halogens is 2. The number of nitrogens with one attached hydrogen (secondary N) is 1. The van der Waals surface area contributed by atoms with Gasteiger partial charge in [-0.3, -0.25) is 0 Å². The Bertz CT molecular complexity index is 1280. The van der Waals surface area contributed by atoms with Crippen molar-refractivity contribution in [1.29, 1.82) is 5.26 Å². The highest BCUT2D eigenvalue weighted by molar-refractivity contribution is 7.13. The lowest BCUT2D eigenvalue weighted by molar-refractivity contribution is 0.145. The van der Waals surface area contributed by atoms with Crippen molar-refractivity contribution in [3.63, 3.8) is 0 Å². The maximum absolute atomic E-state index is 13.9. The molecule has 1 aliphatic rings. The third-order valence-electron chi connectivity index (χ3n) is 4.94. The third-order valence-corrected chi connectivity index (χ3v) is 5.89. The van der Waals surface area contributed by atoms with Gasteiger partial charge in [-0.2, -0.15) is 10.4 Å². The minimum absolute atomic E-state index is 0.237. The Balaban J connectivity index is 1.89. The van der Waals surface area contributed by atoms with Crippen LogP contribution in [0.2, 0.25) is 0 Å². The minimum atomic E-state index is -2.77. The number of aromatic nitrogens is 4. The molecule has 0 radical (unpaired) electrons. The van der Waals surface area contributed by atoms with E-state index in [1.54, 1.807) is 12.3 Å². The topological polar surface area (TPSA) is 79.5 Å². The van der Waals surface area contributed by atoms with Gasteiger partial charge in [0.25, 0.3) is 6.43 Å². The van der Waals surface area contributed by atoms with Gasteiger partial charge in [0.1, 0.15) is 22.3 Å². The van der Waals surface area contributed by atoms with E-state index in [0.29, 0.717) is 52.8 Å². The largest absolute Gasteiger partial charge is 0.477 e. The molecule has 5 rings (SSSR count). The van der Waals surface area contributed by atoms with Crippen LogP contribution in [0.15, 0.2) is 24.4 Å². The molecule has 0 spiro atoms. The van der Waals surface area contributed by atoms with Gasteiger partial charge in [0.2, 0.25) is 5.88 Å². The average molecular weight is 411 g/mol. The van der Waals surface area contributed by atoms with Crippen LogP contribution >= 0.6 is 11.3 Å². The number of hydrogen-bond donors (Lipinski definition) is 1. The molecule has 5 heterocycles. The Labute approximate surface area is 168 Å². The second kappa shape index (κ2) is 6.67. The summed E-state index contributed by atoms with van der Waals surface area (Å²) in [6, 6.07) is 7.78. The van der Waals surface area contributed by atoms with Crippen molar-refractivity contribution in [1.82, 2.24) is 19.7 Å². The molecular weight excluding hydrogens is 396 g/mol. The van der Waals surface area contributed by atoms with Crippen molar-refractivity contribution < 1.29 is 13.5 Å². The number of fused-ring (bicyclic) bond motifs is 2. The SMILES string of the molecule is Cc1cc(-c2c(-c3c(C(F)F)nn4c3OCCC4)[nH]c3ncccc23)c(C#N)s1. The van der Waals surface area contributed by atoms with Crippen LogP contribution in [-0.4, -0.2) is 26.4 Å². The lowest BCUT2D eigenvalue weighted by atomic mass is 9.99. The van der Waals surface area contributed by atoms with Crippen LogP contribution in [0, 0.1) is 18.3 Å². The van der Waals surface area contributed by atoms with Gasteiger partial charge < -0.3 is 9.72 Å². The summed E-state index contributed by atoms with van der Waals surface area (Å²) in [6.07, 6.45) is -0.423. The number of nitrogens with zero attached hydrogens (tertiary/aromatic N) is 4. The van der Waals surface area contributed by atoms with Gasteiger partial charge >= 0.3 is 0 Å². The van der Waals surface area contributed by atoms with Crippen molar-refractivity contribution in [2.45, 2.75) is 26.3 Å². The number of nitriles is 1. The van der Waals surface area contributed by atoms with Crippen molar-refractivity contribution in [3.05, 3.63) is 39.8 Å². The predicted octanol–water partition coefficient (Wildman–Crippen LogP) is 5.06. The summed E-state index contributed by atoms with van der Waals surface area (Å²) < 4.78 is 35.1. The number of H-pyrrole nitrogens is 1. The van der Waals surface area contributed by atoms with Gasteiger partial charge in [-0.05, 0) is 25.1 Å². The molecule has 6 nitrogen and oxygen atoms in total. The number of hydrogen-bond acceptors (Lipinski definition) is 5. The first-order chi connectivity index (χ1) is 14.1. The second-order valence-corrected chi connectivity index (χ2v) is 8.03. The lowest BCUT2D eigenvalue weighted by Crippen LogP contribution is -2.15. The number of ether oxygens (including phenoxy) is 1. The number of rotatable bonds is 3. The third kappa shape index (κ3) is 2.71. The number of aromatic amines is 1. The summed E-state index contributed by atoms with van der Waals surface area (Å²) in [6.45, 7) is 2.87. The molecule has 29 heavy (non-hydrogen) atoms. The van der Waals surface area contributed by atoms with Crippen LogP contribution in [0.1, 0.15) is 28.3 Å². The van der Waals surface area contributed by atoms with E-state index >= 15 is 0 Å². The molecule has 0 saturated carbocycles. The van der Waals surface area contributed by atoms with Gasteiger partial charge in [-0.25, -0.2) is 18.4 Å². The monoisotopic (exact) mass is 411 g/mol. The van der Waals surface area contributed by atoms with Gasteiger partial charge in [0, 0.05) is 40.6 Å². The molecule has 146 valence electrons. The van der Waals surface area contributed by atoms with Crippen LogP contribution in [0.3, 0.4) is 0 Å². The van der Waals surface area contributed by atoms with E-state index in [-0.39, 0.29) is 11.3 Å². The molecule has 4 aromatic heterocycles. The summed E-state index contributed by atoms with van der Waals surface area (Å²) in [5.41, 5.74) is 2.27. The molecule has 0 fully saturated rings. The zero-order chi connectivity index (χ0) is 20.1. The van der Waals surface area contributed by atoms with Gasteiger partial charge in [0.15, 0.2) is 0 Å². The van der Waals surface area contributed by atoms with Crippen molar-refractivity contribution in [3.8, 4) is 34.3 Å². The minimum Gasteiger partial charge on any atom is -0.477 e. The van der Waals surface area contributed by atoms with Crippen LogP contribution in [0.4, 0.5) is 8.78 Å².